The molecule has 0 aliphatic heterocycles. The Morgan fingerprint density at radius 1 is 1.11 bits per heavy atom. The van der Waals surface area contributed by atoms with Gasteiger partial charge in [0, 0.05) is 53.2 Å². The van der Waals surface area contributed by atoms with Gasteiger partial charge < -0.3 is 26.3 Å². The molecule has 3 N–H and O–H groups in total. The predicted octanol–water partition coefficient (Wildman–Crippen LogP) is 3.32. The summed E-state index contributed by atoms with van der Waals surface area (Å²) in [6, 6.07) is 15.1. The molecule has 2 rings (SSSR count). The molecule has 2 aromatic rings. The van der Waals surface area contributed by atoms with Crippen LogP contribution in [0, 0.1) is 0 Å². The number of nitrogens with zero attached hydrogens (tertiary/aromatic N) is 2. The van der Waals surface area contributed by atoms with Crippen LogP contribution in [0.2, 0.25) is 0 Å². The molecule has 0 aromatic heterocycles. The summed E-state index contributed by atoms with van der Waals surface area (Å²) in [4.78, 5) is 2.16. The number of hydrazone groups is 1. The first-order valence-corrected chi connectivity index (χ1v) is 8.28. The molecule has 0 heterocycles. The first-order valence-electron chi connectivity index (χ1n) is 7.87. The standard InChI is InChI=1S/C18H22N4OS.Mn.2O/c1-3-22(4-2)16-11-10-14(17(23)12-16)13-19-21-18(24)20-15-8-6-5-7-9-15;;;/h5-13,23H,3-4H2,1-2H3,(H2,20,21,24);;;/q;;2*-2/b19-13+;;;. The van der Waals surface area contributed by atoms with Gasteiger partial charge in [0.1, 0.15) is 5.75 Å². The van der Waals surface area contributed by atoms with Gasteiger partial charge in [-0.1, -0.05) is 18.2 Å². The fraction of sp³-hybridized carbons (Fsp3) is 0.222. The number of rotatable bonds is 6. The van der Waals surface area contributed by atoms with Gasteiger partial charge in [-0.3, -0.25) is 5.43 Å². The van der Waals surface area contributed by atoms with Crippen LogP contribution >= 0.6 is 12.2 Å². The number of para-hydroxylation sites is 1. The summed E-state index contributed by atoms with van der Waals surface area (Å²) in [6.45, 7) is 5.95. The maximum atomic E-state index is 10.1. The third-order valence-electron chi connectivity index (χ3n) is 3.54. The largest absolute Gasteiger partial charge is 2.00 e. The minimum atomic E-state index is 0. The second kappa shape index (κ2) is 14.0. The molecule has 27 heavy (non-hydrogen) atoms. The van der Waals surface area contributed by atoms with Crippen LogP contribution in [-0.4, -0.2) is 29.5 Å². The molecule has 0 unspecified atom stereocenters. The minimum Gasteiger partial charge on any atom is -2.00 e. The van der Waals surface area contributed by atoms with E-state index in [1.54, 1.807) is 12.3 Å². The van der Waals surface area contributed by atoms with Crippen molar-refractivity contribution >= 4 is 34.9 Å². The van der Waals surface area contributed by atoms with Gasteiger partial charge >= 0.3 is 0 Å². The smallest absolute Gasteiger partial charge is 0.191 e. The average Bonchev–Trinajstić information content (AvgIpc) is 2.59. The molecular formula is C18H22MnN4O3S-4. The van der Waals surface area contributed by atoms with Crippen LogP contribution < -0.4 is 15.6 Å². The van der Waals surface area contributed by atoms with Crippen molar-refractivity contribution in [3.05, 3.63) is 54.1 Å². The van der Waals surface area contributed by atoms with E-state index in [0.29, 0.717) is 10.7 Å². The molecule has 0 spiro atoms. The van der Waals surface area contributed by atoms with Crippen LogP contribution in [0.25, 0.3) is 0 Å². The average molecular weight is 429 g/mol. The predicted molar refractivity (Wildman–Crippen MR) is 106 cm³/mol. The Hall–Kier alpha value is -2.16. The number of benzene rings is 2. The number of phenols is 1. The van der Waals surface area contributed by atoms with E-state index in [2.05, 4.69) is 34.6 Å². The normalized spacial score (nSPS) is 9.41. The molecule has 7 nitrogen and oxygen atoms in total. The summed E-state index contributed by atoms with van der Waals surface area (Å²) in [5.74, 6) is 0.187. The maximum absolute atomic E-state index is 10.1. The molecule has 0 aliphatic rings. The first kappa shape index (κ1) is 27.1. The Balaban J connectivity index is 0. The summed E-state index contributed by atoms with van der Waals surface area (Å²) >= 11 is 5.17. The number of hydrogen-bond donors (Lipinski definition) is 3. The number of anilines is 2. The molecular weight excluding hydrogens is 407 g/mol. The zero-order valence-electron chi connectivity index (χ0n) is 15.1. The fourth-order valence-electron chi connectivity index (χ4n) is 2.27. The van der Waals surface area contributed by atoms with Crippen molar-refractivity contribution in [3.8, 4) is 5.75 Å². The molecule has 1 radical (unpaired) electrons. The first-order chi connectivity index (χ1) is 11.6. The van der Waals surface area contributed by atoms with E-state index in [0.717, 1.165) is 24.5 Å². The summed E-state index contributed by atoms with van der Waals surface area (Å²) in [6.07, 6.45) is 1.54. The Morgan fingerprint density at radius 2 is 1.74 bits per heavy atom. The second-order valence-electron chi connectivity index (χ2n) is 5.11. The van der Waals surface area contributed by atoms with Gasteiger partial charge in [0.05, 0.1) is 6.21 Å². The number of hydrogen-bond acceptors (Lipinski definition) is 4. The van der Waals surface area contributed by atoms with Crippen LogP contribution in [0.1, 0.15) is 19.4 Å². The molecule has 9 heteroatoms. The van der Waals surface area contributed by atoms with Crippen LogP contribution in [0.5, 0.6) is 5.75 Å². The van der Waals surface area contributed by atoms with E-state index >= 15 is 0 Å². The van der Waals surface area contributed by atoms with E-state index in [-0.39, 0.29) is 33.8 Å². The molecule has 149 valence electrons. The van der Waals surface area contributed by atoms with Gasteiger partial charge in [0.2, 0.25) is 0 Å². The van der Waals surface area contributed by atoms with Crippen LogP contribution in [0.15, 0.2) is 53.6 Å². The fourth-order valence-corrected chi connectivity index (χ4v) is 2.44. The quantitative estimate of drug-likeness (QED) is 0.282. The van der Waals surface area contributed by atoms with Gasteiger partial charge in [-0.25, -0.2) is 0 Å². The van der Waals surface area contributed by atoms with Crippen LogP contribution in [-0.2, 0) is 28.0 Å². The summed E-state index contributed by atoms with van der Waals surface area (Å²) in [5.41, 5.74) is 5.24. The van der Waals surface area contributed by atoms with Crippen molar-refractivity contribution in [1.29, 1.82) is 0 Å². The number of aromatic hydroxyl groups is 1. The van der Waals surface area contributed by atoms with Gasteiger partial charge in [-0.2, -0.15) is 5.10 Å². The second-order valence-corrected chi connectivity index (χ2v) is 5.51. The van der Waals surface area contributed by atoms with Crippen LogP contribution in [0.3, 0.4) is 0 Å². The Morgan fingerprint density at radius 3 is 2.30 bits per heavy atom. The third kappa shape index (κ3) is 8.38. The molecule has 0 saturated carbocycles. The van der Waals surface area contributed by atoms with Gasteiger partial charge in [0.15, 0.2) is 5.11 Å². The van der Waals surface area contributed by atoms with E-state index < -0.39 is 0 Å². The maximum Gasteiger partial charge on any atom is 0.191 e. The number of thiocarbonyl (C=S) groups is 1. The SMILES string of the molecule is CCN(CC)c1ccc(/C=N/NC(=S)Nc2ccccc2)c(O)c1.[Mn].[O-2].[O-2]. The number of phenolic OH excluding ortho intramolecular Hbond substituents is 1. The molecule has 2 aromatic carbocycles. The van der Waals surface area contributed by atoms with Crippen molar-refractivity contribution in [3.63, 3.8) is 0 Å². The van der Waals surface area contributed by atoms with Gasteiger partial charge in [-0.05, 0) is 50.3 Å². The van der Waals surface area contributed by atoms with Crippen molar-refractivity contribution < 1.29 is 33.1 Å². The minimum absolute atomic E-state index is 0. The molecule has 0 aliphatic carbocycles. The van der Waals surface area contributed by atoms with Crippen molar-refractivity contribution in [2.75, 3.05) is 23.3 Å². The van der Waals surface area contributed by atoms with Crippen molar-refractivity contribution in [2.45, 2.75) is 13.8 Å². The van der Waals surface area contributed by atoms with E-state index in [9.17, 15) is 5.11 Å². The third-order valence-corrected chi connectivity index (χ3v) is 3.74. The monoisotopic (exact) mass is 429 g/mol. The zero-order valence-corrected chi connectivity index (χ0v) is 17.1. The molecule has 0 saturated heterocycles. The van der Waals surface area contributed by atoms with E-state index in [1.165, 1.54) is 0 Å². The molecule has 0 atom stereocenters. The Labute approximate surface area is 175 Å². The van der Waals surface area contributed by atoms with Crippen molar-refractivity contribution in [2.24, 2.45) is 5.10 Å². The van der Waals surface area contributed by atoms with Crippen LogP contribution in [0.4, 0.5) is 11.4 Å². The number of nitrogens with one attached hydrogen (secondary N) is 2. The van der Waals surface area contributed by atoms with Gasteiger partial charge in [-0.15, -0.1) is 0 Å². The Bertz CT molecular complexity index is 713. The Kier molecular flexibility index (Phi) is 14.0. The van der Waals surface area contributed by atoms with Gasteiger partial charge in [0.25, 0.3) is 0 Å². The van der Waals surface area contributed by atoms with E-state index in [1.807, 2.05) is 42.5 Å². The topological polar surface area (TPSA) is 117 Å². The molecule has 0 fully saturated rings. The molecule has 0 bridgehead atoms. The molecule has 0 amide bonds. The van der Waals surface area contributed by atoms with Crippen molar-refractivity contribution in [1.82, 2.24) is 5.43 Å². The zero-order chi connectivity index (χ0) is 17.4. The van der Waals surface area contributed by atoms with E-state index in [4.69, 9.17) is 12.2 Å². The summed E-state index contributed by atoms with van der Waals surface area (Å²) in [7, 11) is 0. The summed E-state index contributed by atoms with van der Waals surface area (Å²) < 4.78 is 0. The summed E-state index contributed by atoms with van der Waals surface area (Å²) in [5, 5.41) is 17.6.